The summed E-state index contributed by atoms with van der Waals surface area (Å²) in [6, 6.07) is 17.4. The number of benzene rings is 2. The van der Waals surface area contributed by atoms with Gasteiger partial charge in [0.25, 0.3) is 0 Å². The van der Waals surface area contributed by atoms with Crippen LogP contribution in [-0.2, 0) is 11.3 Å². The van der Waals surface area contributed by atoms with E-state index in [-0.39, 0.29) is 24.2 Å². The largest absolute Gasteiger partial charge is 0.457 e. The molecule has 2 rings (SSSR count). The second kappa shape index (κ2) is 9.87. The molecule has 0 bridgehead atoms. The van der Waals surface area contributed by atoms with Crippen LogP contribution in [-0.4, -0.2) is 19.5 Å². The highest BCUT2D eigenvalue weighted by Crippen LogP contribution is 2.21. The predicted octanol–water partition coefficient (Wildman–Crippen LogP) is 3.37. The number of carbonyl (C=O) groups is 1. The summed E-state index contributed by atoms with van der Waals surface area (Å²) in [4.78, 5) is 11.9. The number of rotatable bonds is 7. The maximum absolute atomic E-state index is 11.9. The first kappa shape index (κ1) is 19.0. The zero-order chi connectivity index (χ0) is 15.8. The van der Waals surface area contributed by atoms with Gasteiger partial charge in [-0.1, -0.05) is 37.3 Å². The summed E-state index contributed by atoms with van der Waals surface area (Å²) in [5, 5.41) is 5.94. The van der Waals surface area contributed by atoms with Crippen LogP contribution in [0.5, 0.6) is 11.5 Å². The number of carbonyl (C=O) groups excluding carboxylic acids is 1. The normalized spacial score (nSPS) is 11.2. The maximum Gasteiger partial charge on any atom is 0.224 e. The van der Waals surface area contributed by atoms with Crippen molar-refractivity contribution in [1.29, 1.82) is 0 Å². The Bertz CT molecular complexity index is 605. The molecular formula is C18H23ClN2O2. The Labute approximate surface area is 143 Å². The van der Waals surface area contributed by atoms with E-state index in [1.165, 1.54) is 0 Å². The minimum atomic E-state index is -0.0475. The topological polar surface area (TPSA) is 50.4 Å². The van der Waals surface area contributed by atoms with E-state index in [1.54, 1.807) is 0 Å². The van der Waals surface area contributed by atoms with Crippen molar-refractivity contribution in [2.24, 2.45) is 5.92 Å². The van der Waals surface area contributed by atoms with Gasteiger partial charge in [-0.05, 0) is 36.9 Å². The van der Waals surface area contributed by atoms with Crippen LogP contribution in [0.3, 0.4) is 0 Å². The van der Waals surface area contributed by atoms with E-state index in [0.717, 1.165) is 17.1 Å². The van der Waals surface area contributed by atoms with Crippen LogP contribution in [0.1, 0.15) is 12.5 Å². The molecule has 0 saturated heterocycles. The number of halogens is 1. The van der Waals surface area contributed by atoms with Crippen LogP contribution in [0.15, 0.2) is 54.6 Å². The highest BCUT2D eigenvalue weighted by Gasteiger charge is 2.11. The summed E-state index contributed by atoms with van der Waals surface area (Å²) in [6.45, 7) is 3.07. The molecular weight excluding hydrogens is 312 g/mol. The average molecular weight is 335 g/mol. The van der Waals surface area contributed by atoms with Gasteiger partial charge in [0.05, 0.1) is 0 Å². The Hall–Kier alpha value is -2.04. The second-order valence-electron chi connectivity index (χ2n) is 5.24. The van der Waals surface area contributed by atoms with Gasteiger partial charge in [-0.15, -0.1) is 12.4 Å². The molecule has 23 heavy (non-hydrogen) atoms. The van der Waals surface area contributed by atoms with Crippen molar-refractivity contribution in [3.05, 3.63) is 60.2 Å². The van der Waals surface area contributed by atoms with Gasteiger partial charge < -0.3 is 15.4 Å². The minimum Gasteiger partial charge on any atom is -0.457 e. The third-order valence-electron chi connectivity index (χ3n) is 3.30. The van der Waals surface area contributed by atoms with E-state index in [9.17, 15) is 4.79 Å². The zero-order valence-corrected chi connectivity index (χ0v) is 14.2. The fourth-order valence-electron chi connectivity index (χ4n) is 2.11. The molecule has 0 aliphatic carbocycles. The van der Waals surface area contributed by atoms with Crippen molar-refractivity contribution in [2.45, 2.75) is 13.5 Å². The molecule has 0 aliphatic heterocycles. The van der Waals surface area contributed by atoms with Gasteiger partial charge in [-0.3, -0.25) is 4.79 Å². The predicted molar refractivity (Wildman–Crippen MR) is 95.1 cm³/mol. The lowest BCUT2D eigenvalue weighted by atomic mass is 10.1. The van der Waals surface area contributed by atoms with Gasteiger partial charge in [-0.2, -0.15) is 0 Å². The molecule has 0 heterocycles. The molecule has 1 amide bonds. The maximum atomic E-state index is 11.9. The molecule has 5 heteroatoms. The van der Waals surface area contributed by atoms with Crippen LogP contribution < -0.4 is 15.4 Å². The molecule has 0 fully saturated rings. The number of nitrogens with one attached hydrogen (secondary N) is 2. The van der Waals surface area contributed by atoms with Crippen LogP contribution in [0, 0.1) is 5.92 Å². The van der Waals surface area contributed by atoms with Crippen LogP contribution >= 0.6 is 12.4 Å². The first-order valence-electron chi connectivity index (χ1n) is 7.43. The average Bonchev–Trinajstić information content (AvgIpc) is 2.54. The van der Waals surface area contributed by atoms with E-state index in [0.29, 0.717) is 13.1 Å². The molecule has 0 spiro atoms. The van der Waals surface area contributed by atoms with Crippen molar-refractivity contribution in [2.75, 3.05) is 13.6 Å². The van der Waals surface area contributed by atoms with E-state index in [1.807, 2.05) is 68.6 Å². The summed E-state index contributed by atoms with van der Waals surface area (Å²) in [7, 11) is 1.84. The quantitative estimate of drug-likeness (QED) is 0.816. The molecule has 2 N–H and O–H groups in total. The van der Waals surface area contributed by atoms with Gasteiger partial charge in [0, 0.05) is 19.0 Å². The lowest BCUT2D eigenvalue weighted by Gasteiger charge is -2.12. The van der Waals surface area contributed by atoms with Gasteiger partial charge >= 0.3 is 0 Å². The summed E-state index contributed by atoms with van der Waals surface area (Å²) in [6.07, 6.45) is 0. The number of hydrogen-bond acceptors (Lipinski definition) is 3. The highest BCUT2D eigenvalue weighted by atomic mass is 35.5. The smallest absolute Gasteiger partial charge is 0.224 e. The minimum absolute atomic E-state index is 0. The van der Waals surface area contributed by atoms with E-state index < -0.39 is 0 Å². The molecule has 1 atom stereocenters. The molecule has 2 aromatic rings. The molecule has 0 radical (unpaired) electrons. The van der Waals surface area contributed by atoms with Gasteiger partial charge in [0.15, 0.2) is 0 Å². The summed E-state index contributed by atoms with van der Waals surface area (Å²) < 4.78 is 5.79. The molecule has 2 aromatic carbocycles. The molecule has 1 unspecified atom stereocenters. The molecule has 0 saturated carbocycles. The van der Waals surface area contributed by atoms with Crippen molar-refractivity contribution in [3.8, 4) is 11.5 Å². The number of hydrogen-bond donors (Lipinski definition) is 2. The lowest BCUT2D eigenvalue weighted by molar-refractivity contribution is -0.124. The van der Waals surface area contributed by atoms with Crippen molar-refractivity contribution in [3.63, 3.8) is 0 Å². The Morgan fingerprint density at radius 2 is 1.78 bits per heavy atom. The fraction of sp³-hybridized carbons (Fsp3) is 0.278. The van der Waals surface area contributed by atoms with Crippen LogP contribution in [0.4, 0.5) is 0 Å². The summed E-state index contributed by atoms with van der Waals surface area (Å²) in [5.74, 6) is 1.56. The van der Waals surface area contributed by atoms with Crippen LogP contribution in [0.2, 0.25) is 0 Å². The SMILES string of the molecule is CNCC(C)C(=O)NCc1cccc(Oc2ccccc2)c1.Cl. The van der Waals surface area contributed by atoms with E-state index in [4.69, 9.17) is 4.74 Å². The number of amides is 1. The van der Waals surface area contributed by atoms with Gasteiger partial charge in [0.2, 0.25) is 5.91 Å². The first-order valence-corrected chi connectivity index (χ1v) is 7.43. The fourth-order valence-corrected chi connectivity index (χ4v) is 2.11. The van der Waals surface area contributed by atoms with E-state index >= 15 is 0 Å². The Morgan fingerprint density at radius 3 is 2.48 bits per heavy atom. The molecule has 124 valence electrons. The third-order valence-corrected chi connectivity index (χ3v) is 3.30. The number of para-hydroxylation sites is 1. The van der Waals surface area contributed by atoms with E-state index in [2.05, 4.69) is 10.6 Å². The summed E-state index contributed by atoms with van der Waals surface area (Å²) in [5.41, 5.74) is 1.01. The Morgan fingerprint density at radius 1 is 1.09 bits per heavy atom. The van der Waals surface area contributed by atoms with Crippen LogP contribution in [0.25, 0.3) is 0 Å². The monoisotopic (exact) mass is 334 g/mol. The summed E-state index contributed by atoms with van der Waals surface area (Å²) >= 11 is 0. The first-order chi connectivity index (χ1) is 10.7. The van der Waals surface area contributed by atoms with Crippen molar-refractivity contribution in [1.82, 2.24) is 10.6 Å². The molecule has 4 nitrogen and oxygen atoms in total. The van der Waals surface area contributed by atoms with Gasteiger partial charge in [-0.25, -0.2) is 0 Å². The Kier molecular flexibility index (Phi) is 8.16. The lowest BCUT2D eigenvalue weighted by Crippen LogP contribution is -2.33. The molecule has 0 aliphatic rings. The number of ether oxygens (including phenoxy) is 1. The standard InChI is InChI=1S/C18H22N2O2.ClH/c1-14(12-19-2)18(21)20-13-15-7-6-10-17(11-15)22-16-8-4-3-5-9-16;/h3-11,14,19H,12-13H2,1-2H3,(H,20,21);1H. The van der Waals surface area contributed by atoms with Crippen molar-refractivity contribution < 1.29 is 9.53 Å². The Balaban J connectivity index is 0.00000264. The van der Waals surface area contributed by atoms with Crippen molar-refractivity contribution >= 4 is 18.3 Å². The van der Waals surface area contributed by atoms with Gasteiger partial charge in [0.1, 0.15) is 11.5 Å². The zero-order valence-electron chi connectivity index (χ0n) is 13.4. The highest BCUT2D eigenvalue weighted by molar-refractivity contribution is 5.85. The molecule has 0 aromatic heterocycles. The third kappa shape index (κ3) is 6.30. The second-order valence-corrected chi connectivity index (χ2v) is 5.24.